The fourth-order valence-corrected chi connectivity index (χ4v) is 3.70. The lowest BCUT2D eigenvalue weighted by atomic mass is 10.2. The van der Waals surface area contributed by atoms with Gasteiger partial charge in [0.15, 0.2) is 5.17 Å². The Morgan fingerprint density at radius 2 is 2.00 bits per heavy atom. The van der Waals surface area contributed by atoms with E-state index in [2.05, 4.69) is 10.3 Å². The van der Waals surface area contributed by atoms with Crippen molar-refractivity contribution in [3.05, 3.63) is 58.3 Å². The third-order valence-corrected chi connectivity index (χ3v) is 5.80. The lowest BCUT2D eigenvalue weighted by Gasteiger charge is -2.28. The van der Waals surface area contributed by atoms with E-state index in [1.807, 2.05) is 0 Å². The number of para-hydroxylation sites is 1. The van der Waals surface area contributed by atoms with Crippen molar-refractivity contribution in [2.24, 2.45) is 4.99 Å². The van der Waals surface area contributed by atoms with Gasteiger partial charge >= 0.3 is 0 Å². The molecule has 1 saturated heterocycles. The Bertz CT molecular complexity index is 939. The Labute approximate surface area is 169 Å². The molecule has 0 bridgehead atoms. The van der Waals surface area contributed by atoms with Gasteiger partial charge in [0.05, 0.1) is 21.4 Å². The number of nitrogens with one attached hydrogen (secondary N) is 1. The van der Waals surface area contributed by atoms with Gasteiger partial charge in [-0.3, -0.25) is 14.5 Å². The van der Waals surface area contributed by atoms with Crippen LogP contribution in [0.5, 0.6) is 0 Å². The number of amidine groups is 1. The summed E-state index contributed by atoms with van der Waals surface area (Å²) in [6.07, 6.45) is -0.0121. The summed E-state index contributed by atoms with van der Waals surface area (Å²) in [5.41, 5.74) is 0.569. The largest absolute Gasteiger partial charge is 0.323 e. The van der Waals surface area contributed by atoms with Crippen molar-refractivity contribution < 1.29 is 14.0 Å². The number of thioether (sulfide) groups is 1. The molecule has 1 aliphatic heterocycles. The van der Waals surface area contributed by atoms with Gasteiger partial charge in [0, 0.05) is 13.5 Å². The predicted octanol–water partition coefficient (Wildman–Crippen LogP) is 4.72. The third-order valence-electron chi connectivity index (χ3n) is 3.82. The van der Waals surface area contributed by atoms with Crippen molar-refractivity contribution >= 4 is 63.3 Å². The molecule has 1 fully saturated rings. The van der Waals surface area contributed by atoms with Gasteiger partial charge in [-0.25, -0.2) is 9.38 Å². The van der Waals surface area contributed by atoms with E-state index < -0.39 is 17.0 Å². The molecule has 27 heavy (non-hydrogen) atoms. The predicted molar refractivity (Wildman–Crippen MR) is 107 cm³/mol. The molecule has 1 N–H and O–H groups in total. The van der Waals surface area contributed by atoms with Crippen LogP contribution in [0.4, 0.5) is 15.8 Å². The summed E-state index contributed by atoms with van der Waals surface area (Å²) in [5.74, 6) is -1.27. The maximum Gasteiger partial charge on any atom is 0.238 e. The van der Waals surface area contributed by atoms with Gasteiger partial charge in [0.2, 0.25) is 11.8 Å². The second-order valence-electron chi connectivity index (χ2n) is 5.73. The average Bonchev–Trinajstić information content (AvgIpc) is 2.63. The molecule has 0 saturated carbocycles. The molecule has 5 nitrogen and oxygen atoms in total. The van der Waals surface area contributed by atoms with E-state index >= 15 is 0 Å². The Balaban J connectivity index is 1.81. The molecule has 0 aliphatic carbocycles. The van der Waals surface area contributed by atoms with Crippen molar-refractivity contribution in [1.82, 2.24) is 4.90 Å². The van der Waals surface area contributed by atoms with E-state index in [-0.39, 0.29) is 18.0 Å². The number of hydrogen-bond donors (Lipinski definition) is 1. The zero-order valence-corrected chi connectivity index (χ0v) is 16.4. The van der Waals surface area contributed by atoms with Crippen LogP contribution >= 0.6 is 35.0 Å². The zero-order chi connectivity index (χ0) is 19.6. The summed E-state index contributed by atoms with van der Waals surface area (Å²) < 4.78 is 13.7. The normalized spacial score (nSPS) is 18.7. The van der Waals surface area contributed by atoms with E-state index in [1.54, 1.807) is 31.3 Å². The van der Waals surface area contributed by atoms with Crippen molar-refractivity contribution in [2.75, 3.05) is 12.4 Å². The first kappa shape index (κ1) is 19.7. The molecule has 1 atom stereocenters. The van der Waals surface area contributed by atoms with Gasteiger partial charge in [-0.15, -0.1) is 0 Å². The van der Waals surface area contributed by atoms with E-state index in [0.29, 0.717) is 20.9 Å². The maximum absolute atomic E-state index is 13.7. The molecule has 3 rings (SSSR count). The molecule has 0 unspecified atom stereocenters. The van der Waals surface area contributed by atoms with Crippen LogP contribution in [0.15, 0.2) is 47.5 Å². The van der Waals surface area contributed by atoms with Crippen LogP contribution in [0.2, 0.25) is 10.0 Å². The summed E-state index contributed by atoms with van der Waals surface area (Å²) in [7, 11) is 1.58. The SMILES string of the molecule is CN1C(=O)C[C@H](C(=O)Nc2ccccc2F)SC1=Nc1ccc(Cl)c(Cl)c1. The second kappa shape index (κ2) is 8.29. The van der Waals surface area contributed by atoms with Crippen LogP contribution in [0, 0.1) is 5.82 Å². The molecule has 9 heteroatoms. The molecule has 2 aromatic carbocycles. The number of rotatable bonds is 3. The molecule has 0 radical (unpaired) electrons. The number of benzene rings is 2. The van der Waals surface area contributed by atoms with Crippen LogP contribution < -0.4 is 5.32 Å². The second-order valence-corrected chi connectivity index (χ2v) is 7.71. The average molecular weight is 426 g/mol. The van der Waals surface area contributed by atoms with Gasteiger partial charge in [-0.05, 0) is 30.3 Å². The number of carbonyl (C=O) groups excluding carboxylic acids is 2. The van der Waals surface area contributed by atoms with Crippen molar-refractivity contribution in [3.8, 4) is 0 Å². The Morgan fingerprint density at radius 1 is 1.26 bits per heavy atom. The quantitative estimate of drug-likeness (QED) is 0.773. The van der Waals surface area contributed by atoms with Crippen LogP contribution in [0.3, 0.4) is 0 Å². The minimum Gasteiger partial charge on any atom is -0.323 e. The summed E-state index contributed by atoms with van der Waals surface area (Å²) in [4.78, 5) is 30.6. The van der Waals surface area contributed by atoms with Crippen molar-refractivity contribution in [2.45, 2.75) is 11.7 Å². The lowest BCUT2D eigenvalue weighted by molar-refractivity contribution is -0.128. The molecular formula is C18H14Cl2FN3O2S. The number of halogens is 3. The zero-order valence-electron chi connectivity index (χ0n) is 14.1. The number of amides is 2. The van der Waals surface area contributed by atoms with Crippen molar-refractivity contribution in [3.63, 3.8) is 0 Å². The van der Waals surface area contributed by atoms with Gasteiger partial charge < -0.3 is 5.32 Å². The highest BCUT2D eigenvalue weighted by Gasteiger charge is 2.34. The molecule has 140 valence electrons. The Kier molecular flexibility index (Phi) is 6.04. The molecule has 2 amide bonds. The minimum atomic E-state index is -0.727. The highest BCUT2D eigenvalue weighted by Crippen LogP contribution is 2.31. The number of hydrogen-bond acceptors (Lipinski definition) is 4. The molecule has 0 aromatic heterocycles. The summed E-state index contributed by atoms with van der Waals surface area (Å²) >= 11 is 13.0. The Morgan fingerprint density at radius 3 is 2.70 bits per heavy atom. The molecule has 1 heterocycles. The van der Waals surface area contributed by atoms with Crippen LogP contribution in [-0.2, 0) is 9.59 Å². The topological polar surface area (TPSA) is 61.8 Å². The first-order valence-electron chi connectivity index (χ1n) is 7.87. The number of aliphatic imine (C=N–C) groups is 1. The van der Waals surface area contributed by atoms with Crippen molar-refractivity contribution in [1.29, 1.82) is 0 Å². The van der Waals surface area contributed by atoms with Crippen LogP contribution in [0.1, 0.15) is 6.42 Å². The van der Waals surface area contributed by atoms with Crippen LogP contribution in [0.25, 0.3) is 0 Å². The van der Waals surface area contributed by atoms with Gasteiger partial charge in [0.25, 0.3) is 0 Å². The van der Waals surface area contributed by atoms with E-state index in [0.717, 1.165) is 11.8 Å². The summed E-state index contributed by atoms with van der Waals surface area (Å²) in [6.45, 7) is 0. The minimum absolute atomic E-state index is 0.0121. The number of carbonyl (C=O) groups is 2. The third kappa shape index (κ3) is 4.61. The van der Waals surface area contributed by atoms with Gasteiger partial charge in [0.1, 0.15) is 11.1 Å². The molecule has 0 spiro atoms. The van der Waals surface area contributed by atoms with Gasteiger partial charge in [-0.2, -0.15) is 0 Å². The summed E-state index contributed by atoms with van der Waals surface area (Å²) in [6, 6.07) is 10.7. The van der Waals surface area contributed by atoms with E-state index in [1.165, 1.54) is 23.1 Å². The lowest BCUT2D eigenvalue weighted by Crippen LogP contribution is -2.43. The smallest absolute Gasteiger partial charge is 0.238 e. The molecule has 2 aromatic rings. The summed E-state index contributed by atoms with van der Waals surface area (Å²) in [5, 5.41) is 2.86. The fraction of sp³-hybridized carbons (Fsp3) is 0.167. The highest BCUT2D eigenvalue weighted by atomic mass is 35.5. The fourth-order valence-electron chi connectivity index (χ4n) is 2.34. The monoisotopic (exact) mass is 425 g/mol. The standard InChI is InChI=1S/C18H14Cl2FN3O2S/c1-24-16(25)9-15(17(26)23-14-5-3-2-4-13(14)21)27-18(24)22-10-6-7-11(19)12(20)8-10/h2-8,15H,9H2,1H3,(H,23,26)/t15-/m1/s1. The van der Waals surface area contributed by atoms with E-state index in [9.17, 15) is 14.0 Å². The molecule has 1 aliphatic rings. The maximum atomic E-state index is 13.7. The van der Waals surface area contributed by atoms with E-state index in [4.69, 9.17) is 23.2 Å². The first-order chi connectivity index (χ1) is 12.8. The number of anilines is 1. The van der Waals surface area contributed by atoms with Crippen LogP contribution in [-0.4, -0.2) is 34.2 Å². The number of nitrogens with zero attached hydrogens (tertiary/aromatic N) is 2. The van der Waals surface area contributed by atoms with Gasteiger partial charge in [-0.1, -0.05) is 47.1 Å². The first-order valence-corrected chi connectivity index (χ1v) is 9.51. The Hall–Kier alpha value is -2.09. The highest BCUT2D eigenvalue weighted by molar-refractivity contribution is 8.15. The molecular weight excluding hydrogens is 412 g/mol.